The van der Waals surface area contributed by atoms with Crippen LogP contribution in [0.15, 0.2) is 0 Å². The number of carbonyl (C=O) groups is 1. The van der Waals surface area contributed by atoms with E-state index in [2.05, 4.69) is 0 Å². The average molecular weight is 564 g/mol. The van der Waals surface area contributed by atoms with Crippen LogP contribution >= 0.6 is 0 Å². The van der Waals surface area contributed by atoms with E-state index in [1.165, 1.54) is 0 Å². The molecule has 1 aliphatic carbocycles. The zero-order valence-electron chi connectivity index (χ0n) is 22.6. The molecule has 4 aliphatic rings. The Morgan fingerprint density at radius 2 is 1.64 bits per heavy atom. The van der Waals surface area contributed by atoms with E-state index in [0.717, 1.165) is 19.3 Å². The first kappa shape index (κ1) is 31.0. The van der Waals surface area contributed by atoms with Crippen LogP contribution in [-0.4, -0.2) is 124 Å². The number of primary amides is 1. The molecule has 39 heavy (non-hydrogen) atoms. The van der Waals surface area contributed by atoms with Crippen molar-refractivity contribution in [2.45, 2.75) is 139 Å². The van der Waals surface area contributed by atoms with Crippen LogP contribution in [-0.2, 0) is 33.2 Å². The van der Waals surface area contributed by atoms with Gasteiger partial charge in [0, 0.05) is 6.61 Å². The van der Waals surface area contributed by atoms with Gasteiger partial charge in [-0.1, -0.05) is 19.8 Å². The lowest BCUT2D eigenvalue weighted by Crippen LogP contribution is -2.63. The third kappa shape index (κ3) is 6.92. The molecule has 13 nitrogen and oxygen atoms in total. The maximum atomic E-state index is 12.0. The van der Waals surface area contributed by atoms with Gasteiger partial charge in [0.25, 0.3) is 0 Å². The van der Waals surface area contributed by atoms with Gasteiger partial charge in [-0.25, -0.2) is 0 Å². The first-order chi connectivity index (χ1) is 18.7. The molecule has 0 spiro atoms. The molecular weight excluding hydrogens is 518 g/mol. The minimum atomic E-state index is -1.46. The van der Waals surface area contributed by atoms with Crippen molar-refractivity contribution < 1.29 is 58.7 Å². The van der Waals surface area contributed by atoms with E-state index in [0.29, 0.717) is 32.3 Å². The molecule has 4 rings (SSSR count). The van der Waals surface area contributed by atoms with Crippen molar-refractivity contribution in [3.05, 3.63) is 0 Å². The maximum absolute atomic E-state index is 12.0. The normalized spacial score (nSPS) is 47.9. The Kier molecular flexibility index (Phi) is 11.0. The van der Waals surface area contributed by atoms with Gasteiger partial charge in [-0.3, -0.25) is 4.79 Å². The number of carbonyl (C=O) groups excluding carboxylic acids is 1. The van der Waals surface area contributed by atoms with Crippen LogP contribution in [0, 0.1) is 5.92 Å². The van der Waals surface area contributed by atoms with E-state index in [-0.39, 0.29) is 5.92 Å². The quantitative estimate of drug-likeness (QED) is 0.214. The Morgan fingerprint density at radius 3 is 2.33 bits per heavy atom. The third-order valence-corrected chi connectivity index (χ3v) is 8.44. The number of fused-ring (bicyclic) bond motifs is 1. The summed E-state index contributed by atoms with van der Waals surface area (Å²) in [5.74, 6) is -0.610. The van der Waals surface area contributed by atoms with Crippen molar-refractivity contribution >= 4 is 5.91 Å². The molecule has 3 heterocycles. The number of ether oxygens (including phenoxy) is 6. The highest BCUT2D eigenvalue weighted by Gasteiger charge is 2.51. The molecule has 1 amide bonds. The third-order valence-electron chi connectivity index (χ3n) is 8.44. The van der Waals surface area contributed by atoms with E-state index in [1.54, 1.807) is 6.92 Å². The van der Waals surface area contributed by atoms with Crippen LogP contribution < -0.4 is 5.73 Å². The molecule has 3 aliphatic heterocycles. The van der Waals surface area contributed by atoms with Crippen molar-refractivity contribution in [2.24, 2.45) is 11.7 Å². The molecule has 1 saturated carbocycles. The second kappa shape index (κ2) is 13.8. The first-order valence-electron chi connectivity index (χ1n) is 14.2. The van der Waals surface area contributed by atoms with Crippen LogP contribution in [0.4, 0.5) is 0 Å². The smallest absolute Gasteiger partial charge is 0.246 e. The standard InChI is InChI=1S/C26H45NO12/c1-3-13-7-6-9-14(21(13)39-25-20(32)19(31)17(29)12(2)35-25)37-26-23-22(18(30)16(11-28)38-26)36-15(24(27)33)8-4-5-10-34-23/h12-23,25-26,28-32H,3-11H2,1-2H3,(H2,27,33). The van der Waals surface area contributed by atoms with Crippen molar-refractivity contribution in [1.29, 1.82) is 0 Å². The Balaban J connectivity index is 1.56. The number of amides is 1. The Bertz CT molecular complexity index is 790. The van der Waals surface area contributed by atoms with Gasteiger partial charge in [0.05, 0.1) is 24.9 Å². The van der Waals surface area contributed by atoms with E-state index in [9.17, 15) is 30.3 Å². The molecule has 0 bridgehead atoms. The van der Waals surface area contributed by atoms with Crippen molar-refractivity contribution in [3.8, 4) is 0 Å². The lowest BCUT2D eigenvalue weighted by Gasteiger charge is -2.48. The second-order valence-electron chi connectivity index (χ2n) is 11.1. The topological polar surface area (TPSA) is 200 Å². The predicted molar refractivity (Wildman–Crippen MR) is 133 cm³/mol. The SMILES string of the molecule is CCC1CCCC(OC2OC(CO)C(O)C3OC(C(N)=O)CCCCOC23)C1OC1OC(C)C(O)C(O)C1O. The molecule has 0 radical (unpaired) electrons. The summed E-state index contributed by atoms with van der Waals surface area (Å²) in [6.07, 6.45) is -8.83. The fourth-order valence-electron chi connectivity index (χ4n) is 6.05. The molecule has 0 aromatic heterocycles. The number of nitrogens with two attached hydrogens (primary N) is 1. The van der Waals surface area contributed by atoms with E-state index in [1.807, 2.05) is 6.92 Å². The molecule has 0 aromatic carbocycles. The van der Waals surface area contributed by atoms with Gasteiger partial charge in [-0.15, -0.1) is 0 Å². The largest absolute Gasteiger partial charge is 0.394 e. The highest BCUT2D eigenvalue weighted by Crippen LogP contribution is 2.37. The number of hydrogen-bond donors (Lipinski definition) is 6. The van der Waals surface area contributed by atoms with Gasteiger partial charge < -0.3 is 59.7 Å². The zero-order valence-corrected chi connectivity index (χ0v) is 22.6. The molecule has 226 valence electrons. The van der Waals surface area contributed by atoms with Gasteiger partial charge in [-0.05, 0) is 44.9 Å². The molecule has 14 unspecified atom stereocenters. The Morgan fingerprint density at radius 1 is 0.872 bits per heavy atom. The summed E-state index contributed by atoms with van der Waals surface area (Å²) in [6.45, 7) is 3.41. The summed E-state index contributed by atoms with van der Waals surface area (Å²) < 4.78 is 36.5. The van der Waals surface area contributed by atoms with Crippen molar-refractivity contribution in [1.82, 2.24) is 0 Å². The summed E-state index contributed by atoms with van der Waals surface area (Å²) in [5.41, 5.74) is 5.55. The minimum absolute atomic E-state index is 0.0365. The summed E-state index contributed by atoms with van der Waals surface area (Å²) in [6, 6.07) is 0. The Labute approximate surface area is 228 Å². The van der Waals surface area contributed by atoms with Crippen LogP contribution in [0.1, 0.15) is 58.8 Å². The van der Waals surface area contributed by atoms with Gasteiger partial charge >= 0.3 is 0 Å². The fourth-order valence-corrected chi connectivity index (χ4v) is 6.05. The number of hydrogen-bond acceptors (Lipinski definition) is 12. The molecular formula is C26H45NO12. The number of aliphatic hydroxyl groups is 5. The monoisotopic (exact) mass is 563 g/mol. The molecule has 7 N–H and O–H groups in total. The Hall–Kier alpha value is -0.970. The molecule has 3 saturated heterocycles. The maximum Gasteiger partial charge on any atom is 0.246 e. The number of rotatable bonds is 7. The van der Waals surface area contributed by atoms with Crippen molar-refractivity contribution in [3.63, 3.8) is 0 Å². The summed E-state index contributed by atoms with van der Waals surface area (Å²) in [7, 11) is 0. The van der Waals surface area contributed by atoms with Gasteiger partial charge in [-0.2, -0.15) is 0 Å². The van der Waals surface area contributed by atoms with Crippen molar-refractivity contribution in [2.75, 3.05) is 13.2 Å². The highest BCUT2D eigenvalue weighted by atomic mass is 16.7. The van der Waals surface area contributed by atoms with Gasteiger partial charge in [0.2, 0.25) is 5.91 Å². The highest BCUT2D eigenvalue weighted by molar-refractivity contribution is 5.78. The second-order valence-corrected chi connectivity index (χ2v) is 11.1. The van der Waals surface area contributed by atoms with E-state index >= 15 is 0 Å². The molecule has 4 fully saturated rings. The van der Waals surface area contributed by atoms with Crippen LogP contribution in [0.25, 0.3) is 0 Å². The first-order valence-corrected chi connectivity index (χ1v) is 14.2. The molecule has 14 atom stereocenters. The summed E-state index contributed by atoms with van der Waals surface area (Å²) in [5, 5.41) is 51.8. The fraction of sp³-hybridized carbons (Fsp3) is 0.962. The molecule has 0 aromatic rings. The minimum Gasteiger partial charge on any atom is -0.394 e. The average Bonchev–Trinajstić information content (AvgIpc) is 3.03. The van der Waals surface area contributed by atoms with Gasteiger partial charge in [0.15, 0.2) is 12.6 Å². The zero-order chi connectivity index (χ0) is 28.3. The number of aliphatic hydroxyl groups excluding tert-OH is 5. The predicted octanol–water partition coefficient (Wildman–Crippen LogP) is -1.32. The van der Waals surface area contributed by atoms with Crippen LogP contribution in [0.5, 0.6) is 0 Å². The lowest BCUT2D eigenvalue weighted by atomic mass is 9.82. The van der Waals surface area contributed by atoms with E-state index < -0.39 is 92.2 Å². The van der Waals surface area contributed by atoms with Crippen LogP contribution in [0.2, 0.25) is 0 Å². The van der Waals surface area contributed by atoms with Gasteiger partial charge in [0.1, 0.15) is 48.8 Å². The van der Waals surface area contributed by atoms with E-state index in [4.69, 9.17) is 34.2 Å². The summed E-state index contributed by atoms with van der Waals surface area (Å²) >= 11 is 0. The lowest BCUT2D eigenvalue weighted by molar-refractivity contribution is -0.352. The van der Waals surface area contributed by atoms with Crippen LogP contribution in [0.3, 0.4) is 0 Å². The summed E-state index contributed by atoms with van der Waals surface area (Å²) in [4.78, 5) is 12.0. The molecule has 13 heteroatoms.